The number of phenolic OH excluding ortho intramolecular Hbond substituents is 2. The predicted molar refractivity (Wildman–Crippen MR) is 66.0 cm³/mol. The van der Waals surface area contributed by atoms with Crippen LogP contribution in [0.3, 0.4) is 0 Å². The zero-order valence-electron chi connectivity index (χ0n) is 9.57. The first-order chi connectivity index (χ1) is 7.65. The van der Waals surface area contributed by atoms with E-state index in [0.717, 1.165) is 11.8 Å². The zero-order chi connectivity index (χ0) is 11.7. The van der Waals surface area contributed by atoms with Crippen LogP contribution in [0.2, 0.25) is 0 Å². The Morgan fingerprint density at radius 2 is 1.75 bits per heavy atom. The Balaban J connectivity index is 2.79. The normalized spacial score (nSPS) is 12.9. The van der Waals surface area contributed by atoms with Crippen molar-refractivity contribution in [3.8, 4) is 11.5 Å². The molecule has 0 aliphatic heterocycles. The van der Waals surface area contributed by atoms with Gasteiger partial charge in [-0.2, -0.15) is 0 Å². The van der Waals surface area contributed by atoms with Gasteiger partial charge in [0.1, 0.15) is 11.5 Å². The average molecular weight is 216 g/mol. The molecule has 2 aromatic rings. The van der Waals surface area contributed by atoms with E-state index in [4.69, 9.17) is 0 Å². The molecule has 16 heavy (non-hydrogen) atoms. The van der Waals surface area contributed by atoms with Crippen LogP contribution in [0.25, 0.3) is 10.8 Å². The van der Waals surface area contributed by atoms with E-state index in [1.807, 2.05) is 18.2 Å². The number of phenols is 2. The minimum absolute atomic E-state index is 0.139. The first kappa shape index (κ1) is 10.8. The Morgan fingerprint density at radius 3 is 2.44 bits per heavy atom. The summed E-state index contributed by atoms with van der Waals surface area (Å²) < 4.78 is 0. The summed E-state index contributed by atoms with van der Waals surface area (Å²) in [5.41, 5.74) is 1.17. The standard InChI is InChI=1S/C14H16O2/c1-3-9(2)10-7-8-13(16)14-11(10)5-4-6-12(14)15/h4-9,15-16H,3H2,1-2H3. The first-order valence-electron chi connectivity index (χ1n) is 5.58. The average Bonchev–Trinajstić information content (AvgIpc) is 2.28. The fourth-order valence-corrected chi connectivity index (χ4v) is 2.04. The molecule has 0 fully saturated rings. The van der Waals surface area contributed by atoms with Crippen molar-refractivity contribution in [1.29, 1.82) is 0 Å². The Bertz CT molecular complexity index is 509. The third kappa shape index (κ3) is 1.60. The maximum atomic E-state index is 9.77. The van der Waals surface area contributed by atoms with Crippen LogP contribution in [0.5, 0.6) is 11.5 Å². The van der Waals surface area contributed by atoms with E-state index in [9.17, 15) is 10.2 Å². The lowest BCUT2D eigenvalue weighted by atomic mass is 9.92. The number of rotatable bonds is 2. The fourth-order valence-electron chi connectivity index (χ4n) is 2.04. The number of benzene rings is 2. The summed E-state index contributed by atoms with van der Waals surface area (Å²) in [6.07, 6.45) is 1.04. The Hall–Kier alpha value is -1.70. The summed E-state index contributed by atoms with van der Waals surface area (Å²) in [5.74, 6) is 0.699. The molecule has 0 aliphatic carbocycles. The topological polar surface area (TPSA) is 40.5 Å². The van der Waals surface area contributed by atoms with Gasteiger partial charge in [-0.3, -0.25) is 0 Å². The summed E-state index contributed by atoms with van der Waals surface area (Å²) in [4.78, 5) is 0. The van der Waals surface area contributed by atoms with Crippen molar-refractivity contribution in [2.24, 2.45) is 0 Å². The maximum Gasteiger partial charge on any atom is 0.127 e. The van der Waals surface area contributed by atoms with Crippen molar-refractivity contribution in [2.75, 3.05) is 0 Å². The molecule has 0 aliphatic rings. The number of hydrogen-bond donors (Lipinski definition) is 2. The Kier molecular flexibility index (Phi) is 2.73. The molecular formula is C14H16O2. The molecule has 84 valence electrons. The molecule has 0 bridgehead atoms. The molecule has 2 nitrogen and oxygen atoms in total. The summed E-state index contributed by atoms with van der Waals surface area (Å²) in [7, 11) is 0. The summed E-state index contributed by atoms with van der Waals surface area (Å²) >= 11 is 0. The predicted octanol–water partition coefficient (Wildman–Crippen LogP) is 3.76. The van der Waals surface area contributed by atoms with Gasteiger partial charge >= 0.3 is 0 Å². The molecule has 1 unspecified atom stereocenters. The van der Waals surface area contributed by atoms with E-state index in [-0.39, 0.29) is 11.5 Å². The van der Waals surface area contributed by atoms with Crippen LogP contribution in [0.4, 0.5) is 0 Å². The summed E-state index contributed by atoms with van der Waals surface area (Å²) in [5, 5.41) is 21.0. The zero-order valence-corrected chi connectivity index (χ0v) is 9.57. The molecule has 2 N–H and O–H groups in total. The molecule has 0 amide bonds. The van der Waals surface area contributed by atoms with Gasteiger partial charge in [-0.15, -0.1) is 0 Å². The van der Waals surface area contributed by atoms with Crippen LogP contribution >= 0.6 is 0 Å². The van der Waals surface area contributed by atoms with Crippen LogP contribution in [0, 0.1) is 0 Å². The second-order valence-corrected chi connectivity index (χ2v) is 4.18. The lowest BCUT2D eigenvalue weighted by Crippen LogP contribution is -1.93. The van der Waals surface area contributed by atoms with E-state index in [1.54, 1.807) is 12.1 Å². The quantitative estimate of drug-likeness (QED) is 0.802. The SMILES string of the molecule is CCC(C)c1ccc(O)c2c(O)cccc12. The molecule has 2 aromatic carbocycles. The van der Waals surface area contributed by atoms with E-state index >= 15 is 0 Å². The van der Waals surface area contributed by atoms with Crippen molar-refractivity contribution in [3.05, 3.63) is 35.9 Å². The van der Waals surface area contributed by atoms with E-state index < -0.39 is 0 Å². The maximum absolute atomic E-state index is 9.77. The van der Waals surface area contributed by atoms with Crippen LogP contribution < -0.4 is 0 Å². The van der Waals surface area contributed by atoms with Crippen LogP contribution in [0.1, 0.15) is 31.7 Å². The van der Waals surface area contributed by atoms with Gasteiger partial charge in [0.2, 0.25) is 0 Å². The molecule has 0 heterocycles. The van der Waals surface area contributed by atoms with Gasteiger partial charge < -0.3 is 10.2 Å². The molecular weight excluding hydrogens is 200 g/mol. The van der Waals surface area contributed by atoms with Gasteiger partial charge in [0.15, 0.2) is 0 Å². The second kappa shape index (κ2) is 4.05. The van der Waals surface area contributed by atoms with Gasteiger partial charge in [0.25, 0.3) is 0 Å². The Labute approximate surface area is 95.2 Å². The van der Waals surface area contributed by atoms with Crippen LogP contribution in [-0.2, 0) is 0 Å². The molecule has 0 saturated carbocycles. The van der Waals surface area contributed by atoms with Gasteiger partial charge in [0, 0.05) is 0 Å². The van der Waals surface area contributed by atoms with E-state index in [1.165, 1.54) is 5.56 Å². The first-order valence-corrected chi connectivity index (χ1v) is 5.58. The molecule has 1 atom stereocenters. The van der Waals surface area contributed by atoms with Crippen molar-refractivity contribution in [2.45, 2.75) is 26.2 Å². The monoisotopic (exact) mass is 216 g/mol. The van der Waals surface area contributed by atoms with Gasteiger partial charge in [0.05, 0.1) is 5.39 Å². The summed E-state index contributed by atoms with van der Waals surface area (Å²) in [6, 6.07) is 8.94. The third-order valence-electron chi connectivity index (χ3n) is 3.17. The molecule has 0 saturated heterocycles. The number of fused-ring (bicyclic) bond motifs is 1. The van der Waals surface area contributed by atoms with Crippen LogP contribution in [0.15, 0.2) is 30.3 Å². The summed E-state index contributed by atoms with van der Waals surface area (Å²) in [6.45, 7) is 4.28. The minimum Gasteiger partial charge on any atom is -0.507 e. The lowest BCUT2D eigenvalue weighted by Gasteiger charge is -2.14. The van der Waals surface area contributed by atoms with Crippen molar-refractivity contribution in [3.63, 3.8) is 0 Å². The number of hydrogen-bond acceptors (Lipinski definition) is 2. The molecule has 2 heteroatoms. The van der Waals surface area contributed by atoms with Gasteiger partial charge in [-0.25, -0.2) is 0 Å². The highest BCUT2D eigenvalue weighted by Gasteiger charge is 2.12. The molecule has 0 aromatic heterocycles. The minimum atomic E-state index is 0.139. The van der Waals surface area contributed by atoms with Crippen molar-refractivity contribution >= 4 is 10.8 Å². The fraction of sp³-hybridized carbons (Fsp3) is 0.286. The van der Waals surface area contributed by atoms with Gasteiger partial charge in [-0.05, 0) is 35.4 Å². The lowest BCUT2D eigenvalue weighted by molar-refractivity contribution is 0.463. The number of aromatic hydroxyl groups is 2. The van der Waals surface area contributed by atoms with Crippen LogP contribution in [-0.4, -0.2) is 10.2 Å². The third-order valence-corrected chi connectivity index (χ3v) is 3.17. The molecule has 0 radical (unpaired) electrons. The Morgan fingerprint density at radius 1 is 1.06 bits per heavy atom. The van der Waals surface area contributed by atoms with E-state index in [2.05, 4.69) is 13.8 Å². The highest BCUT2D eigenvalue weighted by molar-refractivity contribution is 5.95. The second-order valence-electron chi connectivity index (χ2n) is 4.18. The molecule has 0 spiro atoms. The van der Waals surface area contributed by atoms with Gasteiger partial charge in [-0.1, -0.05) is 32.0 Å². The largest absolute Gasteiger partial charge is 0.507 e. The molecule has 2 rings (SSSR count). The van der Waals surface area contributed by atoms with E-state index in [0.29, 0.717) is 11.3 Å². The highest BCUT2D eigenvalue weighted by atomic mass is 16.3. The smallest absolute Gasteiger partial charge is 0.127 e. The van der Waals surface area contributed by atoms with Crippen molar-refractivity contribution < 1.29 is 10.2 Å². The van der Waals surface area contributed by atoms with Crippen molar-refractivity contribution in [1.82, 2.24) is 0 Å². The highest BCUT2D eigenvalue weighted by Crippen LogP contribution is 2.37.